The van der Waals surface area contributed by atoms with Crippen molar-refractivity contribution in [3.63, 3.8) is 0 Å². The van der Waals surface area contributed by atoms with E-state index >= 15 is 0 Å². The van der Waals surface area contributed by atoms with Crippen molar-refractivity contribution < 1.29 is 14.3 Å². The van der Waals surface area contributed by atoms with Crippen LogP contribution >= 0.6 is 0 Å². The molecule has 2 aliphatic rings. The number of nitrogens with zero attached hydrogens (tertiary/aromatic N) is 4. The molecule has 0 radical (unpaired) electrons. The van der Waals surface area contributed by atoms with Gasteiger partial charge in [0.2, 0.25) is 5.91 Å². The first-order valence-corrected chi connectivity index (χ1v) is 12.3. The smallest absolute Gasteiger partial charge is 0.319 e. The highest BCUT2D eigenvalue weighted by Gasteiger charge is 2.31. The van der Waals surface area contributed by atoms with Gasteiger partial charge >= 0.3 is 6.03 Å². The van der Waals surface area contributed by atoms with Gasteiger partial charge in [-0.05, 0) is 58.5 Å². The van der Waals surface area contributed by atoms with Gasteiger partial charge in [-0.25, -0.2) is 14.8 Å². The lowest BCUT2D eigenvalue weighted by molar-refractivity contribution is -0.133. The van der Waals surface area contributed by atoms with Gasteiger partial charge in [0.05, 0.1) is 37.5 Å². The second-order valence-corrected chi connectivity index (χ2v) is 9.00. The number of anilines is 2. The Balaban J connectivity index is 1.68. The zero-order chi connectivity index (χ0) is 24.9. The number of nitrogens with one attached hydrogen (secondary N) is 3. The van der Waals surface area contributed by atoms with Crippen LogP contribution in [0.2, 0.25) is 0 Å². The highest BCUT2D eigenvalue weighted by molar-refractivity contribution is 5.89. The summed E-state index contributed by atoms with van der Waals surface area (Å²) < 4.78 is 5.66. The molecule has 2 aliphatic heterocycles. The number of morpholine rings is 1. The van der Waals surface area contributed by atoms with Gasteiger partial charge in [0.25, 0.3) is 0 Å². The second kappa shape index (κ2) is 11.0. The largest absolute Gasteiger partial charge is 0.377 e. The molecule has 4 rings (SSSR count). The number of rotatable bonds is 6. The average molecular weight is 482 g/mol. The number of likely N-dealkylation sites (N-methyl/N-ethyl adjacent to an activating group) is 1. The Morgan fingerprint density at radius 3 is 2.66 bits per heavy atom. The van der Waals surface area contributed by atoms with E-state index in [9.17, 15) is 9.59 Å². The van der Waals surface area contributed by atoms with E-state index in [0.717, 1.165) is 29.2 Å². The van der Waals surface area contributed by atoms with Crippen LogP contribution in [0.1, 0.15) is 32.0 Å². The van der Waals surface area contributed by atoms with Crippen molar-refractivity contribution >= 4 is 23.4 Å². The van der Waals surface area contributed by atoms with Gasteiger partial charge in [0, 0.05) is 36.4 Å². The molecule has 2 unspecified atom stereocenters. The van der Waals surface area contributed by atoms with Gasteiger partial charge < -0.3 is 30.5 Å². The highest BCUT2D eigenvalue weighted by Crippen LogP contribution is 2.32. The number of carbonyl (C=O) groups is 2. The van der Waals surface area contributed by atoms with Crippen LogP contribution in [0.15, 0.2) is 24.3 Å². The van der Waals surface area contributed by atoms with Crippen molar-refractivity contribution in [3.05, 3.63) is 35.5 Å². The monoisotopic (exact) mass is 481 g/mol. The number of urea groups is 1. The third kappa shape index (κ3) is 5.54. The molecule has 10 heteroatoms. The summed E-state index contributed by atoms with van der Waals surface area (Å²) in [5.41, 5.74) is 3.54. The minimum Gasteiger partial charge on any atom is -0.377 e. The summed E-state index contributed by atoms with van der Waals surface area (Å²) in [6.07, 6.45) is 0.715. The topological polar surface area (TPSA) is 112 Å². The summed E-state index contributed by atoms with van der Waals surface area (Å²) in [6, 6.07) is 7.21. The number of hydrogen-bond acceptors (Lipinski definition) is 7. The number of fused-ring (bicyclic) bond motifs is 1. The molecular formula is C25H35N7O3. The Morgan fingerprint density at radius 2 is 1.97 bits per heavy atom. The lowest BCUT2D eigenvalue weighted by atomic mass is 10.0. The third-order valence-corrected chi connectivity index (χ3v) is 6.54. The van der Waals surface area contributed by atoms with Gasteiger partial charge in [-0.2, -0.15) is 0 Å². The molecule has 3 heterocycles. The zero-order valence-corrected chi connectivity index (χ0v) is 20.9. The van der Waals surface area contributed by atoms with Crippen molar-refractivity contribution in [3.8, 4) is 11.4 Å². The second-order valence-electron chi connectivity index (χ2n) is 9.00. The van der Waals surface area contributed by atoms with E-state index in [1.54, 1.807) is 7.05 Å². The van der Waals surface area contributed by atoms with Gasteiger partial charge in [0.15, 0.2) is 5.82 Å². The van der Waals surface area contributed by atoms with Crippen molar-refractivity contribution in [1.29, 1.82) is 0 Å². The zero-order valence-electron chi connectivity index (χ0n) is 20.9. The molecule has 0 aliphatic carbocycles. The van der Waals surface area contributed by atoms with E-state index in [-0.39, 0.29) is 24.0 Å². The van der Waals surface area contributed by atoms with E-state index in [1.807, 2.05) is 43.0 Å². The Bertz CT molecular complexity index is 1060. The molecule has 188 valence electrons. The number of amides is 3. The Labute approximate surface area is 206 Å². The summed E-state index contributed by atoms with van der Waals surface area (Å²) in [7, 11) is 1.79. The molecule has 3 amide bonds. The van der Waals surface area contributed by atoms with Crippen molar-refractivity contribution in [1.82, 2.24) is 25.5 Å². The van der Waals surface area contributed by atoms with E-state index in [0.29, 0.717) is 50.8 Å². The average Bonchev–Trinajstić information content (AvgIpc) is 2.87. The highest BCUT2D eigenvalue weighted by atomic mass is 16.5. The summed E-state index contributed by atoms with van der Waals surface area (Å²) in [4.78, 5) is 38.8. The van der Waals surface area contributed by atoms with Crippen LogP contribution in [-0.2, 0) is 22.5 Å². The first kappa shape index (κ1) is 24.9. The maximum Gasteiger partial charge on any atom is 0.319 e. The molecule has 0 spiro atoms. The molecule has 0 saturated carbocycles. The fourth-order valence-electron chi connectivity index (χ4n) is 4.44. The number of aromatic nitrogens is 2. The van der Waals surface area contributed by atoms with Crippen LogP contribution < -0.4 is 20.9 Å². The van der Waals surface area contributed by atoms with Crippen LogP contribution in [0.3, 0.4) is 0 Å². The molecule has 1 aromatic carbocycles. The van der Waals surface area contributed by atoms with Gasteiger partial charge in [-0.1, -0.05) is 0 Å². The molecule has 3 N–H and O–H groups in total. The first-order chi connectivity index (χ1) is 16.9. The standard InChI is InChI=1S/C25H35N7O3/c1-5-27-25(34)28-19-8-6-18(7-9-19)22-29-21-14-31(24(33)17(3)26-4)11-10-20(21)23(30-22)32-12-13-35-15-16(32)2/h6-9,16-17,26H,5,10-15H2,1-4H3,(H2,27,28,34). The van der Waals surface area contributed by atoms with E-state index < -0.39 is 0 Å². The molecule has 1 saturated heterocycles. The lowest BCUT2D eigenvalue weighted by Gasteiger charge is -2.38. The molecule has 1 fully saturated rings. The maximum absolute atomic E-state index is 12.9. The van der Waals surface area contributed by atoms with Crippen LogP contribution in [0.25, 0.3) is 11.4 Å². The van der Waals surface area contributed by atoms with Crippen molar-refractivity contribution in [2.75, 3.05) is 50.1 Å². The Morgan fingerprint density at radius 1 is 1.20 bits per heavy atom. The predicted molar refractivity (Wildman–Crippen MR) is 135 cm³/mol. The molecule has 35 heavy (non-hydrogen) atoms. The van der Waals surface area contributed by atoms with Crippen LogP contribution in [0.4, 0.5) is 16.3 Å². The SMILES string of the molecule is CCNC(=O)Nc1ccc(-c2nc3c(c(N4CCOCC4C)n2)CCN(C(=O)C(C)NC)C3)cc1. The summed E-state index contributed by atoms with van der Waals surface area (Å²) in [6.45, 7) is 9.62. The number of benzene rings is 1. The molecule has 10 nitrogen and oxygen atoms in total. The van der Waals surface area contributed by atoms with Crippen LogP contribution in [-0.4, -0.2) is 78.8 Å². The maximum atomic E-state index is 12.9. The van der Waals surface area contributed by atoms with Crippen molar-refractivity contribution in [2.24, 2.45) is 0 Å². The molecule has 0 bridgehead atoms. The first-order valence-electron chi connectivity index (χ1n) is 12.3. The quantitative estimate of drug-likeness (QED) is 0.579. The van der Waals surface area contributed by atoms with E-state index in [4.69, 9.17) is 14.7 Å². The van der Waals surface area contributed by atoms with Gasteiger partial charge in [-0.3, -0.25) is 4.79 Å². The van der Waals surface area contributed by atoms with Crippen molar-refractivity contribution in [2.45, 2.75) is 45.8 Å². The molecule has 2 aromatic rings. The molecule has 2 atom stereocenters. The van der Waals surface area contributed by atoms with Crippen LogP contribution in [0, 0.1) is 0 Å². The summed E-state index contributed by atoms with van der Waals surface area (Å²) in [5.74, 6) is 1.61. The van der Waals surface area contributed by atoms with Gasteiger partial charge in [-0.15, -0.1) is 0 Å². The Hall–Kier alpha value is -3.24. The normalized spacial score (nSPS) is 18.6. The lowest BCUT2D eigenvalue weighted by Crippen LogP contribution is -2.47. The fraction of sp³-hybridized carbons (Fsp3) is 0.520. The van der Waals surface area contributed by atoms with E-state index in [1.165, 1.54) is 0 Å². The van der Waals surface area contributed by atoms with Gasteiger partial charge in [0.1, 0.15) is 5.82 Å². The van der Waals surface area contributed by atoms with E-state index in [2.05, 4.69) is 27.8 Å². The number of hydrogen-bond donors (Lipinski definition) is 3. The van der Waals surface area contributed by atoms with Crippen LogP contribution in [0.5, 0.6) is 0 Å². The third-order valence-electron chi connectivity index (χ3n) is 6.54. The number of carbonyl (C=O) groups excluding carboxylic acids is 2. The number of ether oxygens (including phenoxy) is 1. The fourth-order valence-corrected chi connectivity index (χ4v) is 4.44. The Kier molecular flexibility index (Phi) is 7.82. The minimum atomic E-state index is -0.249. The molecular weight excluding hydrogens is 446 g/mol. The molecule has 1 aromatic heterocycles. The minimum absolute atomic E-state index is 0.0698. The summed E-state index contributed by atoms with van der Waals surface area (Å²) >= 11 is 0. The summed E-state index contributed by atoms with van der Waals surface area (Å²) in [5, 5.41) is 8.57. The predicted octanol–water partition coefficient (Wildman–Crippen LogP) is 2.00.